The van der Waals surface area contributed by atoms with Crippen molar-refractivity contribution in [3.05, 3.63) is 23.8 Å². The van der Waals surface area contributed by atoms with Crippen molar-refractivity contribution < 1.29 is 19.3 Å². The van der Waals surface area contributed by atoms with Crippen LogP contribution in [0.4, 0.5) is 0 Å². The average molecular weight is 250 g/mol. The number of fused-ring (bicyclic) bond motifs is 1. The van der Waals surface area contributed by atoms with Gasteiger partial charge >= 0.3 is 0 Å². The Morgan fingerprint density at radius 3 is 3.11 bits per heavy atom. The first-order valence-corrected chi connectivity index (χ1v) is 6.52. The topological polar surface area (TPSA) is 47.9 Å². The Bertz CT molecular complexity index is 412. The minimum Gasteiger partial charge on any atom is -0.491 e. The summed E-state index contributed by atoms with van der Waals surface area (Å²) in [7, 11) is 0. The van der Waals surface area contributed by atoms with E-state index in [1.807, 2.05) is 18.2 Å². The minimum absolute atomic E-state index is 0.207. The Morgan fingerprint density at radius 2 is 2.28 bits per heavy atom. The molecular weight excluding hydrogens is 232 g/mol. The molecule has 4 heteroatoms. The zero-order chi connectivity index (χ0) is 12.4. The molecular formula is C14H18O4. The molecule has 98 valence electrons. The number of ether oxygens (including phenoxy) is 3. The summed E-state index contributed by atoms with van der Waals surface area (Å²) in [6, 6.07) is 5.58. The SMILES string of the molecule is OC1COc2cc(OCC3CCCCO3)ccc21. The number of hydrogen-bond acceptors (Lipinski definition) is 4. The van der Waals surface area contributed by atoms with Gasteiger partial charge in [-0.3, -0.25) is 0 Å². The van der Waals surface area contributed by atoms with Gasteiger partial charge in [-0.1, -0.05) is 0 Å². The maximum atomic E-state index is 9.62. The lowest BCUT2D eigenvalue weighted by Crippen LogP contribution is -2.25. The molecule has 0 saturated carbocycles. The molecule has 0 radical (unpaired) electrons. The first-order chi connectivity index (χ1) is 8.83. The zero-order valence-corrected chi connectivity index (χ0v) is 10.3. The summed E-state index contributed by atoms with van der Waals surface area (Å²) < 4.78 is 16.7. The van der Waals surface area contributed by atoms with Gasteiger partial charge in [0.2, 0.25) is 0 Å². The van der Waals surface area contributed by atoms with E-state index in [2.05, 4.69) is 0 Å². The monoisotopic (exact) mass is 250 g/mol. The van der Waals surface area contributed by atoms with Crippen molar-refractivity contribution in [3.8, 4) is 11.5 Å². The largest absolute Gasteiger partial charge is 0.491 e. The third-order valence-electron chi connectivity index (χ3n) is 3.45. The van der Waals surface area contributed by atoms with Gasteiger partial charge in [0.15, 0.2) is 0 Å². The number of aliphatic hydroxyl groups excluding tert-OH is 1. The van der Waals surface area contributed by atoms with E-state index in [-0.39, 0.29) is 6.10 Å². The van der Waals surface area contributed by atoms with E-state index in [0.29, 0.717) is 13.2 Å². The van der Waals surface area contributed by atoms with Crippen molar-refractivity contribution in [2.75, 3.05) is 19.8 Å². The normalized spacial score (nSPS) is 26.5. The van der Waals surface area contributed by atoms with Crippen LogP contribution in [0.2, 0.25) is 0 Å². The maximum Gasteiger partial charge on any atom is 0.129 e. The molecule has 1 aromatic rings. The Labute approximate surface area is 106 Å². The van der Waals surface area contributed by atoms with Gasteiger partial charge in [0.25, 0.3) is 0 Å². The second-order valence-corrected chi connectivity index (χ2v) is 4.83. The molecule has 18 heavy (non-hydrogen) atoms. The lowest BCUT2D eigenvalue weighted by atomic mass is 10.1. The molecule has 0 aromatic heterocycles. The van der Waals surface area contributed by atoms with Crippen LogP contribution in [0.15, 0.2) is 18.2 Å². The highest BCUT2D eigenvalue weighted by molar-refractivity contribution is 5.44. The smallest absolute Gasteiger partial charge is 0.129 e. The van der Waals surface area contributed by atoms with Crippen LogP contribution in [-0.4, -0.2) is 31.0 Å². The van der Waals surface area contributed by atoms with Crippen LogP contribution in [-0.2, 0) is 4.74 Å². The fourth-order valence-corrected chi connectivity index (χ4v) is 2.39. The van der Waals surface area contributed by atoms with Crippen LogP contribution in [0.3, 0.4) is 0 Å². The standard InChI is InChI=1S/C14H18O4/c15-13-9-18-14-7-10(4-5-12(13)14)17-8-11-3-1-2-6-16-11/h4-5,7,11,13,15H,1-3,6,8-9H2. The number of rotatable bonds is 3. The first-order valence-electron chi connectivity index (χ1n) is 6.52. The van der Waals surface area contributed by atoms with Gasteiger partial charge in [0.1, 0.15) is 30.8 Å². The van der Waals surface area contributed by atoms with E-state index in [1.165, 1.54) is 6.42 Å². The van der Waals surface area contributed by atoms with E-state index in [0.717, 1.165) is 36.5 Å². The van der Waals surface area contributed by atoms with Gasteiger partial charge in [0, 0.05) is 18.2 Å². The molecule has 1 saturated heterocycles. The van der Waals surface area contributed by atoms with Gasteiger partial charge in [-0.2, -0.15) is 0 Å². The summed E-state index contributed by atoms with van der Waals surface area (Å²) in [5.74, 6) is 1.50. The molecule has 2 unspecified atom stereocenters. The molecule has 0 bridgehead atoms. The molecule has 2 atom stereocenters. The fourth-order valence-electron chi connectivity index (χ4n) is 2.39. The zero-order valence-electron chi connectivity index (χ0n) is 10.3. The molecule has 3 rings (SSSR count). The van der Waals surface area contributed by atoms with E-state index in [4.69, 9.17) is 14.2 Å². The average Bonchev–Trinajstić information content (AvgIpc) is 2.79. The van der Waals surface area contributed by atoms with E-state index in [9.17, 15) is 5.11 Å². The molecule has 1 fully saturated rings. The van der Waals surface area contributed by atoms with Crippen LogP contribution < -0.4 is 9.47 Å². The fraction of sp³-hybridized carbons (Fsp3) is 0.571. The van der Waals surface area contributed by atoms with E-state index in [1.54, 1.807) is 0 Å². The highest BCUT2D eigenvalue weighted by Crippen LogP contribution is 2.35. The molecule has 2 aliphatic rings. The Hall–Kier alpha value is -1.26. The predicted molar refractivity (Wildman–Crippen MR) is 66.0 cm³/mol. The number of hydrogen-bond donors (Lipinski definition) is 1. The van der Waals surface area contributed by atoms with Gasteiger partial charge in [-0.05, 0) is 31.4 Å². The summed E-state index contributed by atoms with van der Waals surface area (Å²) in [5, 5.41) is 9.62. The van der Waals surface area contributed by atoms with Gasteiger partial charge in [0.05, 0.1) is 6.10 Å². The van der Waals surface area contributed by atoms with Crippen LogP contribution >= 0.6 is 0 Å². The molecule has 2 aliphatic heterocycles. The maximum absolute atomic E-state index is 9.62. The van der Waals surface area contributed by atoms with Gasteiger partial charge in [-0.25, -0.2) is 0 Å². The number of aliphatic hydroxyl groups is 1. The molecule has 0 amide bonds. The highest BCUT2D eigenvalue weighted by atomic mass is 16.5. The molecule has 2 heterocycles. The van der Waals surface area contributed by atoms with E-state index < -0.39 is 6.10 Å². The van der Waals surface area contributed by atoms with Gasteiger partial charge < -0.3 is 19.3 Å². The summed E-state index contributed by atoms with van der Waals surface area (Å²) in [5.41, 5.74) is 0.844. The summed E-state index contributed by atoms with van der Waals surface area (Å²) in [6.07, 6.45) is 3.14. The van der Waals surface area contributed by atoms with Crippen LogP contribution in [0.5, 0.6) is 11.5 Å². The summed E-state index contributed by atoms with van der Waals surface area (Å²) in [6.45, 7) is 1.76. The van der Waals surface area contributed by atoms with Crippen LogP contribution in [0.1, 0.15) is 30.9 Å². The van der Waals surface area contributed by atoms with Crippen molar-refractivity contribution in [1.29, 1.82) is 0 Å². The van der Waals surface area contributed by atoms with Crippen molar-refractivity contribution in [3.63, 3.8) is 0 Å². The minimum atomic E-state index is -0.504. The van der Waals surface area contributed by atoms with Crippen molar-refractivity contribution in [1.82, 2.24) is 0 Å². The van der Waals surface area contributed by atoms with Crippen LogP contribution in [0, 0.1) is 0 Å². The second-order valence-electron chi connectivity index (χ2n) is 4.83. The predicted octanol–water partition coefficient (Wildman–Crippen LogP) is 2.06. The lowest BCUT2D eigenvalue weighted by molar-refractivity contribution is -0.0111. The Kier molecular flexibility index (Phi) is 3.39. The molecule has 4 nitrogen and oxygen atoms in total. The molecule has 1 aromatic carbocycles. The van der Waals surface area contributed by atoms with Crippen molar-refractivity contribution >= 4 is 0 Å². The third kappa shape index (κ3) is 2.44. The Morgan fingerprint density at radius 1 is 1.33 bits per heavy atom. The summed E-state index contributed by atoms with van der Waals surface area (Å²) >= 11 is 0. The second kappa shape index (κ2) is 5.16. The number of benzene rings is 1. The lowest BCUT2D eigenvalue weighted by Gasteiger charge is -2.22. The molecule has 0 spiro atoms. The third-order valence-corrected chi connectivity index (χ3v) is 3.45. The van der Waals surface area contributed by atoms with E-state index >= 15 is 0 Å². The van der Waals surface area contributed by atoms with Crippen molar-refractivity contribution in [2.45, 2.75) is 31.5 Å². The summed E-state index contributed by atoms with van der Waals surface area (Å²) in [4.78, 5) is 0. The van der Waals surface area contributed by atoms with Crippen LogP contribution in [0.25, 0.3) is 0 Å². The Balaban J connectivity index is 1.60. The highest BCUT2D eigenvalue weighted by Gasteiger charge is 2.22. The van der Waals surface area contributed by atoms with Crippen molar-refractivity contribution in [2.24, 2.45) is 0 Å². The molecule has 1 N–H and O–H groups in total. The quantitative estimate of drug-likeness (QED) is 0.892. The van der Waals surface area contributed by atoms with Gasteiger partial charge in [-0.15, -0.1) is 0 Å². The first kappa shape index (κ1) is 11.8. The molecule has 0 aliphatic carbocycles.